The molecule has 132 valence electrons. The first-order chi connectivity index (χ1) is 11.5. The number of benzene rings is 1. The molecule has 0 N–H and O–H groups in total. The molecule has 2 aliphatic heterocycles. The van der Waals surface area contributed by atoms with Crippen molar-refractivity contribution in [2.24, 2.45) is 4.36 Å². The molecule has 2 heterocycles. The Bertz CT molecular complexity index is 655. The van der Waals surface area contributed by atoms with Gasteiger partial charge in [-0.15, -0.1) is 0 Å². The average Bonchev–Trinajstić information content (AvgIpc) is 2.96. The van der Waals surface area contributed by atoms with E-state index in [4.69, 9.17) is 23.2 Å². The second-order valence-electron chi connectivity index (χ2n) is 6.37. The van der Waals surface area contributed by atoms with Gasteiger partial charge < -0.3 is 0 Å². The Balaban J connectivity index is 1.47. The molecule has 1 aromatic rings. The lowest BCUT2D eigenvalue weighted by Gasteiger charge is -2.37. The number of hydrogen-bond acceptors (Lipinski definition) is 4. The summed E-state index contributed by atoms with van der Waals surface area (Å²) in [5.74, 6) is 0. The zero-order valence-electron chi connectivity index (χ0n) is 14.0. The van der Waals surface area contributed by atoms with Crippen LogP contribution in [0.25, 0.3) is 0 Å². The Kier molecular flexibility index (Phi) is 6.69. The van der Waals surface area contributed by atoms with Gasteiger partial charge in [-0.05, 0) is 71.2 Å². The van der Waals surface area contributed by atoms with Crippen LogP contribution in [0.5, 0.6) is 0 Å². The molecular formula is C17H23Cl2N3S2. The molecule has 1 atom stereocenters. The molecule has 0 amide bonds. The van der Waals surface area contributed by atoms with Crippen molar-refractivity contribution in [3.63, 3.8) is 0 Å². The number of rotatable bonds is 5. The third-order valence-electron chi connectivity index (χ3n) is 4.57. The second-order valence-corrected chi connectivity index (χ2v) is 10.9. The predicted octanol–water partition coefficient (Wildman–Crippen LogP) is 4.82. The fourth-order valence-corrected chi connectivity index (χ4v) is 6.15. The molecule has 0 spiro atoms. The molecule has 0 radical (unpaired) electrons. The van der Waals surface area contributed by atoms with Gasteiger partial charge in [-0.1, -0.05) is 29.3 Å². The number of nitrogens with zero attached hydrogens (tertiary/aromatic N) is 3. The van der Waals surface area contributed by atoms with Crippen LogP contribution < -0.4 is 0 Å². The molecular weight excluding hydrogens is 381 g/mol. The molecule has 7 heteroatoms. The summed E-state index contributed by atoms with van der Waals surface area (Å²) in [6.07, 6.45) is 6.65. The van der Waals surface area contributed by atoms with E-state index in [1.807, 2.05) is 29.0 Å². The van der Waals surface area contributed by atoms with Crippen molar-refractivity contribution in [3.8, 4) is 0 Å². The highest BCUT2D eigenvalue weighted by atomic mass is 35.5. The molecule has 3 nitrogen and oxygen atoms in total. The van der Waals surface area contributed by atoms with Crippen molar-refractivity contribution < 1.29 is 0 Å². The zero-order valence-corrected chi connectivity index (χ0v) is 17.2. The van der Waals surface area contributed by atoms with Crippen molar-refractivity contribution >= 4 is 43.7 Å². The third kappa shape index (κ3) is 4.99. The third-order valence-corrected chi connectivity index (χ3v) is 7.87. The van der Waals surface area contributed by atoms with Crippen molar-refractivity contribution in [1.29, 1.82) is 0 Å². The summed E-state index contributed by atoms with van der Waals surface area (Å²) in [6, 6.07) is 6.39. The predicted molar refractivity (Wildman–Crippen MR) is 109 cm³/mol. The van der Waals surface area contributed by atoms with Crippen LogP contribution in [0, 0.1) is 0 Å². The van der Waals surface area contributed by atoms with E-state index >= 15 is 0 Å². The summed E-state index contributed by atoms with van der Waals surface area (Å²) in [7, 11) is 4.26. The van der Waals surface area contributed by atoms with Crippen LogP contribution >= 0.6 is 34.0 Å². The lowest BCUT2D eigenvalue weighted by atomic mass is 10.0. The Labute approximate surface area is 160 Å². The van der Waals surface area contributed by atoms with E-state index in [2.05, 4.69) is 33.7 Å². The molecule has 1 fully saturated rings. The minimum atomic E-state index is 0.144. The first kappa shape index (κ1) is 18.7. The van der Waals surface area contributed by atoms with Crippen molar-refractivity contribution in [3.05, 3.63) is 44.9 Å². The lowest BCUT2D eigenvalue weighted by Crippen LogP contribution is -2.43. The second kappa shape index (κ2) is 8.56. The van der Waals surface area contributed by atoms with Crippen LogP contribution in [-0.4, -0.2) is 48.8 Å². The number of likely N-dealkylation sites (tertiary alicyclic amines) is 1. The highest BCUT2D eigenvalue weighted by Crippen LogP contribution is 2.29. The van der Waals surface area contributed by atoms with E-state index in [-0.39, 0.29) is 9.72 Å². The van der Waals surface area contributed by atoms with Gasteiger partial charge in [0.2, 0.25) is 0 Å². The fourth-order valence-electron chi connectivity index (χ4n) is 3.18. The molecule has 3 rings (SSSR count). The van der Waals surface area contributed by atoms with Gasteiger partial charge in [0.25, 0.3) is 0 Å². The van der Waals surface area contributed by atoms with Crippen LogP contribution in [0.1, 0.15) is 18.4 Å². The maximum absolute atomic E-state index is 6.31. The molecule has 1 aromatic carbocycles. The number of piperidine rings is 1. The van der Waals surface area contributed by atoms with Gasteiger partial charge in [0, 0.05) is 46.5 Å². The molecule has 0 bridgehead atoms. The van der Waals surface area contributed by atoms with Crippen LogP contribution in [0.15, 0.2) is 33.7 Å². The summed E-state index contributed by atoms with van der Waals surface area (Å²) in [4.78, 5) is 6.39. The number of hydrogen-bond donors (Lipinski definition) is 0. The maximum atomic E-state index is 6.31. The smallest absolute Gasteiger partial charge is 0.0468 e. The van der Waals surface area contributed by atoms with Crippen molar-refractivity contribution in [2.75, 3.05) is 32.9 Å². The Morgan fingerprint density at radius 3 is 2.71 bits per heavy atom. The van der Waals surface area contributed by atoms with E-state index < -0.39 is 0 Å². The van der Waals surface area contributed by atoms with Crippen LogP contribution in [0.2, 0.25) is 10.0 Å². The van der Waals surface area contributed by atoms with Crippen molar-refractivity contribution in [2.45, 2.75) is 25.4 Å². The van der Waals surface area contributed by atoms with Crippen molar-refractivity contribution in [1.82, 2.24) is 9.80 Å². The highest BCUT2D eigenvalue weighted by molar-refractivity contribution is 8.71. The van der Waals surface area contributed by atoms with Crippen LogP contribution in [0.3, 0.4) is 0 Å². The highest BCUT2D eigenvalue weighted by Gasteiger charge is 2.24. The zero-order chi connectivity index (χ0) is 17.1. The topological polar surface area (TPSA) is 18.8 Å². The first-order valence-corrected chi connectivity index (χ1v) is 11.8. The maximum Gasteiger partial charge on any atom is 0.0468 e. The summed E-state index contributed by atoms with van der Waals surface area (Å²) < 4.78 is 4.46. The van der Waals surface area contributed by atoms with Gasteiger partial charge >= 0.3 is 0 Å². The van der Waals surface area contributed by atoms with Gasteiger partial charge in [0.15, 0.2) is 0 Å². The van der Waals surface area contributed by atoms with E-state index in [0.717, 1.165) is 36.8 Å². The normalized spacial score (nSPS) is 22.7. The Morgan fingerprint density at radius 1 is 1.33 bits per heavy atom. The molecule has 1 saturated heterocycles. The average molecular weight is 404 g/mol. The van der Waals surface area contributed by atoms with Gasteiger partial charge in [-0.25, -0.2) is 4.36 Å². The fraction of sp³-hybridized carbons (Fsp3) is 0.529. The van der Waals surface area contributed by atoms with Crippen LogP contribution in [0.4, 0.5) is 0 Å². The summed E-state index contributed by atoms with van der Waals surface area (Å²) in [5, 5.41) is 1.45. The standard InChI is InChI=1S/C17H23Cl2N3S2/c1-21(11-13-3-4-14(18)9-17(13)19)15-5-7-22(8-6-15)12-16-10-20-24(2)23-16/h3-4,9-10,15H,5-8,11-12H2,1-2H3. The van der Waals surface area contributed by atoms with Gasteiger partial charge in [0.05, 0.1) is 0 Å². The molecule has 1 unspecified atom stereocenters. The Hall–Kier alpha value is -0.0400. The minimum absolute atomic E-state index is 0.144. The molecule has 0 aromatic heterocycles. The van der Waals surface area contributed by atoms with Gasteiger partial charge in [0.1, 0.15) is 0 Å². The summed E-state index contributed by atoms with van der Waals surface area (Å²) >= 11 is 12.3. The molecule has 0 aliphatic carbocycles. The van der Waals surface area contributed by atoms with E-state index in [1.165, 1.54) is 17.7 Å². The van der Waals surface area contributed by atoms with E-state index in [1.54, 1.807) is 0 Å². The Morgan fingerprint density at radius 2 is 2.08 bits per heavy atom. The van der Waals surface area contributed by atoms with Gasteiger partial charge in [-0.3, -0.25) is 9.80 Å². The minimum Gasteiger partial charge on any atom is -0.299 e. The molecule has 2 aliphatic rings. The number of halogens is 2. The van der Waals surface area contributed by atoms with E-state index in [9.17, 15) is 0 Å². The first-order valence-electron chi connectivity index (χ1n) is 8.12. The van der Waals surface area contributed by atoms with Gasteiger partial charge in [-0.2, -0.15) is 0 Å². The van der Waals surface area contributed by atoms with E-state index in [0.29, 0.717) is 11.1 Å². The summed E-state index contributed by atoms with van der Waals surface area (Å²) in [6.45, 7) is 4.24. The lowest BCUT2D eigenvalue weighted by molar-refractivity contribution is 0.130. The summed E-state index contributed by atoms with van der Waals surface area (Å²) in [5.41, 5.74) is 1.15. The molecule has 0 saturated carbocycles. The van der Waals surface area contributed by atoms with Crippen LogP contribution in [-0.2, 0) is 16.3 Å². The monoisotopic (exact) mass is 403 g/mol. The largest absolute Gasteiger partial charge is 0.299 e. The molecule has 24 heavy (non-hydrogen) atoms. The SMILES string of the molecule is CN(Cc1ccc(Cl)cc1Cl)C1CCN(CC2=CN=S(C)S2)CC1. The quantitative estimate of drug-likeness (QED) is 0.656.